The van der Waals surface area contributed by atoms with Crippen LogP contribution in [0.15, 0.2) is 48.5 Å². The summed E-state index contributed by atoms with van der Waals surface area (Å²) in [5.41, 5.74) is 2.02. The summed E-state index contributed by atoms with van der Waals surface area (Å²) in [6, 6.07) is 14.8. The van der Waals surface area contributed by atoms with Gasteiger partial charge in [-0.25, -0.2) is 9.97 Å². The van der Waals surface area contributed by atoms with Gasteiger partial charge in [0.1, 0.15) is 11.0 Å². The molecule has 132 valence electrons. The molecular weight excluding hydrogens is 350 g/mol. The minimum absolute atomic E-state index is 0.115. The van der Waals surface area contributed by atoms with Crippen LogP contribution in [0.3, 0.4) is 0 Å². The highest BCUT2D eigenvalue weighted by Gasteiger charge is 2.39. The van der Waals surface area contributed by atoms with Crippen LogP contribution < -0.4 is 4.90 Å². The molecule has 0 saturated heterocycles. The molecule has 6 heteroatoms. The Hall–Kier alpha value is -2.50. The maximum absolute atomic E-state index is 13.0. The zero-order chi connectivity index (χ0) is 18.1. The Kier molecular flexibility index (Phi) is 4.57. The second-order valence-corrected chi connectivity index (χ2v) is 6.58. The fourth-order valence-corrected chi connectivity index (χ4v) is 3.25. The summed E-state index contributed by atoms with van der Waals surface area (Å²) in [6.07, 6.45) is 1.48. The van der Waals surface area contributed by atoms with Crippen LogP contribution in [0.25, 0.3) is 11.0 Å². The summed E-state index contributed by atoms with van der Waals surface area (Å²) in [4.78, 5) is 23.4. The van der Waals surface area contributed by atoms with Gasteiger partial charge >= 0.3 is 0 Å². The van der Waals surface area contributed by atoms with E-state index in [-0.39, 0.29) is 5.91 Å². The summed E-state index contributed by atoms with van der Waals surface area (Å²) in [5, 5.41) is 1.24. The van der Waals surface area contributed by atoms with Gasteiger partial charge in [-0.2, -0.15) is 0 Å². The number of rotatable bonds is 5. The lowest BCUT2D eigenvalue weighted by Crippen LogP contribution is -2.30. The molecule has 2 aromatic heterocycles. The summed E-state index contributed by atoms with van der Waals surface area (Å²) in [7, 11) is 0. The minimum Gasteiger partial charge on any atom is -0.353 e. The van der Waals surface area contributed by atoms with E-state index in [0.29, 0.717) is 28.8 Å². The molecule has 1 atom stereocenters. The lowest BCUT2D eigenvalue weighted by Gasteiger charge is -2.24. The Labute approximate surface area is 156 Å². The molecule has 0 bridgehead atoms. The molecule has 3 heterocycles. The molecule has 26 heavy (non-hydrogen) atoms. The van der Waals surface area contributed by atoms with Gasteiger partial charge in [0.15, 0.2) is 11.9 Å². The highest BCUT2D eigenvalue weighted by molar-refractivity contribution is 6.29. The topological polar surface area (TPSA) is 55.3 Å². The van der Waals surface area contributed by atoms with Crippen molar-refractivity contribution in [2.45, 2.75) is 26.0 Å². The molecule has 0 spiro atoms. The second-order valence-electron chi connectivity index (χ2n) is 6.19. The first-order chi connectivity index (χ1) is 12.7. The number of fused-ring (bicyclic) bond motifs is 2. The Morgan fingerprint density at radius 1 is 1.12 bits per heavy atom. The fourth-order valence-electron chi connectivity index (χ4n) is 3.11. The van der Waals surface area contributed by atoms with Crippen LogP contribution in [0, 0.1) is 0 Å². The molecule has 4 rings (SSSR count). The number of carbonyl (C=O) groups is 1. The Bertz CT molecular complexity index is 976. The number of nitrogens with zero attached hydrogens (tertiary/aromatic N) is 3. The molecular formula is C20H18ClN3O2. The van der Waals surface area contributed by atoms with Crippen LogP contribution in [-0.2, 0) is 4.74 Å². The monoisotopic (exact) mass is 367 g/mol. The first kappa shape index (κ1) is 16.9. The van der Waals surface area contributed by atoms with E-state index in [2.05, 4.69) is 16.9 Å². The third-order valence-corrected chi connectivity index (χ3v) is 4.65. The van der Waals surface area contributed by atoms with Gasteiger partial charge in [0.05, 0.1) is 0 Å². The van der Waals surface area contributed by atoms with Gasteiger partial charge in [-0.15, -0.1) is 0 Å². The smallest absolute Gasteiger partial charge is 0.262 e. The van der Waals surface area contributed by atoms with Crippen LogP contribution >= 0.6 is 11.6 Å². The predicted octanol–water partition coefficient (Wildman–Crippen LogP) is 4.76. The Morgan fingerprint density at radius 2 is 1.92 bits per heavy atom. The average Bonchev–Trinajstić information content (AvgIpc) is 2.94. The van der Waals surface area contributed by atoms with E-state index in [9.17, 15) is 4.79 Å². The number of carbonyl (C=O) groups excluding carboxylic acids is 1. The molecule has 3 aromatic rings. The molecule has 1 aromatic carbocycles. The number of amides is 1. The number of hydrogen-bond donors (Lipinski definition) is 0. The standard InChI is InChI=1S/C20H18ClN3O2/c1-2-3-12-26-20-15-7-5-4-6-14(15)19(25)24(20)17-11-9-13-8-10-16(21)22-18(13)23-17/h4-11,20H,2-3,12H2,1H3. The molecule has 1 unspecified atom stereocenters. The molecule has 1 aliphatic rings. The number of ether oxygens (including phenoxy) is 1. The first-order valence-electron chi connectivity index (χ1n) is 8.66. The van der Waals surface area contributed by atoms with Crippen molar-refractivity contribution in [1.82, 2.24) is 9.97 Å². The van der Waals surface area contributed by atoms with E-state index in [1.807, 2.05) is 42.5 Å². The zero-order valence-electron chi connectivity index (χ0n) is 14.4. The van der Waals surface area contributed by atoms with Gasteiger partial charge in [-0.1, -0.05) is 43.1 Å². The zero-order valence-corrected chi connectivity index (χ0v) is 15.1. The van der Waals surface area contributed by atoms with E-state index >= 15 is 0 Å². The maximum atomic E-state index is 13.0. The van der Waals surface area contributed by atoms with Gasteiger partial charge in [0.2, 0.25) is 0 Å². The first-order valence-corrected chi connectivity index (χ1v) is 9.04. The van der Waals surface area contributed by atoms with Crippen molar-refractivity contribution in [2.24, 2.45) is 0 Å². The lowest BCUT2D eigenvalue weighted by molar-refractivity contribution is 0.0501. The number of anilines is 1. The molecule has 0 saturated carbocycles. The molecule has 0 N–H and O–H groups in total. The largest absolute Gasteiger partial charge is 0.353 e. The summed E-state index contributed by atoms with van der Waals surface area (Å²) in [6.45, 7) is 2.69. The molecule has 5 nitrogen and oxygen atoms in total. The van der Waals surface area contributed by atoms with Gasteiger partial charge in [0.25, 0.3) is 5.91 Å². The van der Waals surface area contributed by atoms with Crippen molar-refractivity contribution in [1.29, 1.82) is 0 Å². The van der Waals surface area contributed by atoms with Crippen molar-refractivity contribution in [3.63, 3.8) is 0 Å². The molecule has 1 amide bonds. The fraction of sp³-hybridized carbons (Fsp3) is 0.250. The SMILES string of the molecule is CCCCOC1c2ccccc2C(=O)N1c1ccc2ccc(Cl)nc2n1. The number of pyridine rings is 2. The molecule has 0 aliphatic carbocycles. The third kappa shape index (κ3) is 2.93. The van der Waals surface area contributed by atoms with Gasteiger partial charge < -0.3 is 4.74 Å². The van der Waals surface area contributed by atoms with E-state index in [1.165, 1.54) is 0 Å². The predicted molar refractivity (Wildman–Crippen MR) is 101 cm³/mol. The summed E-state index contributed by atoms with van der Waals surface area (Å²) in [5.74, 6) is 0.394. The van der Waals surface area contributed by atoms with Crippen molar-refractivity contribution in [3.8, 4) is 0 Å². The van der Waals surface area contributed by atoms with E-state index in [1.54, 1.807) is 11.0 Å². The van der Waals surface area contributed by atoms with Crippen LogP contribution in [0.5, 0.6) is 0 Å². The number of aromatic nitrogens is 2. The van der Waals surface area contributed by atoms with E-state index in [4.69, 9.17) is 16.3 Å². The number of halogens is 1. The lowest BCUT2D eigenvalue weighted by atomic mass is 10.1. The van der Waals surface area contributed by atoms with Crippen molar-refractivity contribution < 1.29 is 9.53 Å². The number of hydrogen-bond acceptors (Lipinski definition) is 4. The van der Waals surface area contributed by atoms with Crippen molar-refractivity contribution >= 4 is 34.4 Å². The summed E-state index contributed by atoms with van der Waals surface area (Å²) < 4.78 is 6.06. The van der Waals surface area contributed by atoms with Crippen LogP contribution in [0.2, 0.25) is 5.15 Å². The molecule has 0 fully saturated rings. The summed E-state index contributed by atoms with van der Waals surface area (Å²) >= 11 is 5.99. The molecule has 0 radical (unpaired) electrons. The Balaban J connectivity index is 1.77. The second kappa shape index (κ2) is 7.02. The van der Waals surface area contributed by atoms with Crippen LogP contribution in [0.4, 0.5) is 5.82 Å². The highest BCUT2D eigenvalue weighted by atomic mass is 35.5. The maximum Gasteiger partial charge on any atom is 0.262 e. The van der Waals surface area contributed by atoms with Gasteiger partial charge in [0, 0.05) is 23.1 Å². The van der Waals surface area contributed by atoms with E-state index < -0.39 is 6.23 Å². The minimum atomic E-state index is -0.477. The van der Waals surface area contributed by atoms with Crippen LogP contribution in [-0.4, -0.2) is 22.5 Å². The van der Waals surface area contributed by atoms with Gasteiger partial charge in [-0.05, 0) is 36.8 Å². The number of benzene rings is 1. The average molecular weight is 368 g/mol. The normalized spacial score (nSPS) is 16.3. The Morgan fingerprint density at radius 3 is 2.77 bits per heavy atom. The van der Waals surface area contributed by atoms with Crippen molar-refractivity contribution in [2.75, 3.05) is 11.5 Å². The van der Waals surface area contributed by atoms with Crippen molar-refractivity contribution in [3.05, 3.63) is 64.8 Å². The quantitative estimate of drug-likeness (QED) is 0.482. The van der Waals surface area contributed by atoms with Crippen LogP contribution in [0.1, 0.15) is 41.9 Å². The van der Waals surface area contributed by atoms with E-state index in [0.717, 1.165) is 23.8 Å². The van der Waals surface area contributed by atoms with Gasteiger partial charge in [-0.3, -0.25) is 9.69 Å². The highest BCUT2D eigenvalue weighted by Crippen LogP contribution is 2.38. The third-order valence-electron chi connectivity index (χ3n) is 4.43. The molecule has 1 aliphatic heterocycles. The number of unbranched alkanes of at least 4 members (excludes halogenated alkanes) is 1.